The van der Waals surface area contributed by atoms with Crippen LogP contribution in [0.15, 0.2) is 24.3 Å². The van der Waals surface area contributed by atoms with Gasteiger partial charge in [-0.05, 0) is 56.3 Å². The van der Waals surface area contributed by atoms with E-state index >= 15 is 0 Å². The van der Waals surface area contributed by atoms with Gasteiger partial charge in [0.1, 0.15) is 5.75 Å². The number of amides is 1. The summed E-state index contributed by atoms with van der Waals surface area (Å²) in [5, 5.41) is 0. The molecule has 1 aromatic carbocycles. The molecular formula is C22H33N3O3. The Balaban J connectivity index is 1.37. The van der Waals surface area contributed by atoms with Crippen molar-refractivity contribution in [3.05, 3.63) is 29.8 Å². The molecule has 3 fully saturated rings. The van der Waals surface area contributed by atoms with Gasteiger partial charge in [-0.2, -0.15) is 0 Å². The summed E-state index contributed by atoms with van der Waals surface area (Å²) >= 11 is 0. The summed E-state index contributed by atoms with van der Waals surface area (Å²) in [7, 11) is 3.98. The van der Waals surface area contributed by atoms with Gasteiger partial charge in [0.05, 0.1) is 13.7 Å². The van der Waals surface area contributed by atoms with Crippen LogP contribution in [0.2, 0.25) is 0 Å². The van der Waals surface area contributed by atoms with Gasteiger partial charge >= 0.3 is 6.09 Å². The molecule has 3 saturated heterocycles. The Kier molecular flexibility index (Phi) is 5.78. The van der Waals surface area contributed by atoms with E-state index in [9.17, 15) is 4.79 Å². The van der Waals surface area contributed by atoms with Gasteiger partial charge in [-0.3, -0.25) is 9.80 Å². The fourth-order valence-electron chi connectivity index (χ4n) is 5.52. The van der Waals surface area contributed by atoms with E-state index < -0.39 is 0 Å². The van der Waals surface area contributed by atoms with Crippen molar-refractivity contribution in [1.29, 1.82) is 0 Å². The van der Waals surface area contributed by atoms with Gasteiger partial charge in [0, 0.05) is 44.8 Å². The number of fused-ring (bicyclic) bond motifs is 1. The standard InChI is InChI=1S/C22H33N3O3/c1-4-28-22(26)24-11-9-18(10-12-24)25-14-17-13-23(2)21(20(17)15-25)16-5-7-19(27-3)8-6-16/h5-8,17-18,20-21H,4,9-15H2,1-3H3/t17-,20+,21+/m0/s1. The fraction of sp³-hybridized carbons (Fsp3) is 0.682. The molecule has 1 aromatic rings. The smallest absolute Gasteiger partial charge is 0.409 e. The first-order valence-corrected chi connectivity index (χ1v) is 10.6. The number of piperidine rings is 1. The van der Waals surface area contributed by atoms with E-state index in [1.54, 1.807) is 7.11 Å². The second kappa shape index (κ2) is 8.29. The third-order valence-electron chi connectivity index (χ3n) is 6.89. The molecule has 0 aliphatic carbocycles. The quantitative estimate of drug-likeness (QED) is 0.795. The Labute approximate surface area is 168 Å². The number of ether oxygens (including phenoxy) is 2. The maximum atomic E-state index is 11.9. The minimum atomic E-state index is -0.152. The molecule has 0 spiro atoms. The summed E-state index contributed by atoms with van der Waals surface area (Å²) in [5.41, 5.74) is 1.40. The highest BCUT2D eigenvalue weighted by Gasteiger charge is 2.47. The van der Waals surface area contributed by atoms with Gasteiger partial charge in [0.25, 0.3) is 0 Å². The summed E-state index contributed by atoms with van der Waals surface area (Å²) in [6.45, 7) is 7.47. The number of carbonyl (C=O) groups excluding carboxylic acids is 1. The van der Waals surface area contributed by atoms with E-state index in [1.165, 1.54) is 18.7 Å². The number of methoxy groups -OCH3 is 1. The number of likely N-dealkylation sites (tertiary alicyclic amines) is 3. The molecule has 4 rings (SSSR count). The molecule has 0 aromatic heterocycles. The highest BCUT2D eigenvalue weighted by molar-refractivity contribution is 5.67. The topological polar surface area (TPSA) is 45.2 Å². The molecule has 6 nitrogen and oxygen atoms in total. The normalized spacial score (nSPS) is 29.1. The van der Waals surface area contributed by atoms with Gasteiger partial charge in [-0.15, -0.1) is 0 Å². The van der Waals surface area contributed by atoms with Gasteiger partial charge in [0.2, 0.25) is 0 Å². The number of carbonyl (C=O) groups is 1. The predicted octanol–water partition coefficient (Wildman–Crippen LogP) is 2.85. The zero-order chi connectivity index (χ0) is 19.7. The van der Waals surface area contributed by atoms with Crippen LogP contribution in [-0.2, 0) is 4.74 Å². The molecule has 3 atom stereocenters. The molecule has 154 valence electrons. The van der Waals surface area contributed by atoms with Crippen molar-refractivity contribution in [1.82, 2.24) is 14.7 Å². The summed E-state index contributed by atoms with van der Waals surface area (Å²) in [5.74, 6) is 2.34. The number of hydrogen-bond acceptors (Lipinski definition) is 5. The van der Waals surface area contributed by atoms with E-state index in [2.05, 4.69) is 41.1 Å². The second-order valence-electron chi connectivity index (χ2n) is 8.45. The van der Waals surface area contributed by atoms with Crippen LogP contribution in [0.1, 0.15) is 31.4 Å². The van der Waals surface area contributed by atoms with Crippen LogP contribution in [0.3, 0.4) is 0 Å². The molecule has 6 heteroatoms. The maximum absolute atomic E-state index is 11.9. The van der Waals surface area contributed by atoms with Gasteiger partial charge in [0.15, 0.2) is 0 Å². The summed E-state index contributed by atoms with van der Waals surface area (Å²) in [6.07, 6.45) is 1.96. The monoisotopic (exact) mass is 387 g/mol. The van der Waals surface area contributed by atoms with Crippen molar-refractivity contribution in [2.45, 2.75) is 31.8 Å². The lowest BCUT2D eigenvalue weighted by molar-refractivity contribution is 0.0766. The lowest BCUT2D eigenvalue weighted by Gasteiger charge is -2.37. The van der Waals surface area contributed by atoms with E-state index in [0.29, 0.717) is 24.6 Å². The van der Waals surface area contributed by atoms with Crippen molar-refractivity contribution in [2.24, 2.45) is 11.8 Å². The summed E-state index contributed by atoms with van der Waals surface area (Å²) in [4.78, 5) is 19.0. The largest absolute Gasteiger partial charge is 0.497 e. The first-order chi connectivity index (χ1) is 13.6. The third kappa shape index (κ3) is 3.72. The fourth-order valence-corrected chi connectivity index (χ4v) is 5.52. The lowest BCUT2D eigenvalue weighted by Crippen LogP contribution is -2.47. The van der Waals surface area contributed by atoms with Crippen molar-refractivity contribution in [3.63, 3.8) is 0 Å². The van der Waals surface area contributed by atoms with Gasteiger partial charge in [-0.1, -0.05) is 12.1 Å². The number of benzene rings is 1. The second-order valence-corrected chi connectivity index (χ2v) is 8.45. The van der Waals surface area contributed by atoms with Gasteiger partial charge < -0.3 is 14.4 Å². The van der Waals surface area contributed by atoms with Crippen LogP contribution < -0.4 is 4.74 Å². The zero-order valence-corrected chi connectivity index (χ0v) is 17.3. The molecule has 0 N–H and O–H groups in total. The molecule has 0 radical (unpaired) electrons. The molecular weight excluding hydrogens is 354 g/mol. The zero-order valence-electron chi connectivity index (χ0n) is 17.3. The average Bonchev–Trinajstić information content (AvgIpc) is 3.25. The van der Waals surface area contributed by atoms with Crippen molar-refractivity contribution >= 4 is 6.09 Å². The van der Waals surface area contributed by atoms with Crippen molar-refractivity contribution < 1.29 is 14.3 Å². The van der Waals surface area contributed by atoms with Gasteiger partial charge in [-0.25, -0.2) is 4.79 Å². The Bertz CT molecular complexity index is 672. The molecule has 1 amide bonds. The SMILES string of the molecule is CCOC(=O)N1CCC(N2C[C@@H]3CN(C)[C@H](c4ccc(OC)cc4)[C@@H]3C2)CC1. The number of rotatable bonds is 4. The Morgan fingerprint density at radius 2 is 1.82 bits per heavy atom. The molecule has 3 heterocycles. The lowest BCUT2D eigenvalue weighted by atomic mass is 9.89. The highest BCUT2D eigenvalue weighted by Crippen LogP contribution is 2.45. The van der Waals surface area contributed by atoms with E-state index in [4.69, 9.17) is 9.47 Å². The Hall–Kier alpha value is -1.79. The molecule has 28 heavy (non-hydrogen) atoms. The number of nitrogens with zero attached hydrogens (tertiary/aromatic N) is 3. The van der Waals surface area contributed by atoms with Crippen LogP contribution in [0.25, 0.3) is 0 Å². The molecule has 0 bridgehead atoms. The minimum Gasteiger partial charge on any atom is -0.497 e. The molecule has 3 aliphatic rings. The average molecular weight is 388 g/mol. The van der Waals surface area contributed by atoms with Crippen LogP contribution >= 0.6 is 0 Å². The maximum Gasteiger partial charge on any atom is 0.409 e. The van der Waals surface area contributed by atoms with Crippen LogP contribution in [0.5, 0.6) is 5.75 Å². The molecule has 3 aliphatic heterocycles. The van der Waals surface area contributed by atoms with E-state index in [-0.39, 0.29) is 6.09 Å². The third-order valence-corrected chi connectivity index (χ3v) is 6.89. The first-order valence-electron chi connectivity index (χ1n) is 10.6. The van der Waals surface area contributed by atoms with Crippen molar-refractivity contribution in [3.8, 4) is 5.75 Å². The highest BCUT2D eigenvalue weighted by atomic mass is 16.6. The Morgan fingerprint density at radius 3 is 2.46 bits per heavy atom. The van der Waals surface area contributed by atoms with Crippen LogP contribution in [-0.4, -0.2) is 80.3 Å². The van der Waals surface area contributed by atoms with Crippen LogP contribution in [0, 0.1) is 11.8 Å². The first kappa shape index (κ1) is 19.5. The number of hydrogen-bond donors (Lipinski definition) is 0. The predicted molar refractivity (Wildman–Crippen MR) is 109 cm³/mol. The summed E-state index contributed by atoms with van der Waals surface area (Å²) in [6, 6.07) is 9.69. The molecule has 0 unspecified atom stereocenters. The van der Waals surface area contributed by atoms with E-state index in [1.807, 2.05) is 11.8 Å². The minimum absolute atomic E-state index is 0.152. The van der Waals surface area contributed by atoms with Crippen molar-refractivity contribution in [2.75, 3.05) is 53.5 Å². The summed E-state index contributed by atoms with van der Waals surface area (Å²) < 4.78 is 10.5. The van der Waals surface area contributed by atoms with E-state index in [0.717, 1.165) is 44.1 Å². The van der Waals surface area contributed by atoms with Crippen LogP contribution in [0.4, 0.5) is 4.79 Å². The Morgan fingerprint density at radius 1 is 1.11 bits per heavy atom. The molecule has 0 saturated carbocycles.